The van der Waals surface area contributed by atoms with E-state index >= 15 is 0 Å². The summed E-state index contributed by atoms with van der Waals surface area (Å²) in [5.41, 5.74) is 0.230. The maximum atomic E-state index is 12.6. The van der Waals surface area contributed by atoms with Gasteiger partial charge in [0.15, 0.2) is 11.5 Å². The minimum Gasteiger partial charge on any atom is -0.497 e. The van der Waals surface area contributed by atoms with E-state index in [0.29, 0.717) is 16.5 Å². The first-order chi connectivity index (χ1) is 16.8. The van der Waals surface area contributed by atoms with Gasteiger partial charge in [0.05, 0.1) is 14.2 Å². The lowest BCUT2D eigenvalue weighted by atomic mass is 10.1. The number of nitrogens with zero attached hydrogens (tertiary/aromatic N) is 3. The molecular weight excluding hydrogens is 512 g/mol. The number of methoxy groups -OCH3 is 2. The molecule has 3 aromatic rings. The molecule has 182 valence electrons. The van der Waals surface area contributed by atoms with Gasteiger partial charge in [-0.1, -0.05) is 24.8 Å². The molecule has 10 nitrogen and oxygen atoms in total. The Labute approximate surface area is 210 Å². The van der Waals surface area contributed by atoms with Crippen LogP contribution in [-0.2, 0) is 14.9 Å². The number of hydrogen-bond acceptors (Lipinski definition) is 11. The molecule has 0 spiro atoms. The number of nitrogens with one attached hydrogen (secondary N) is 1. The van der Waals surface area contributed by atoms with E-state index in [1.807, 2.05) is 13.0 Å². The Morgan fingerprint density at radius 2 is 1.91 bits per heavy atom. The molecule has 0 bridgehead atoms. The van der Waals surface area contributed by atoms with E-state index in [1.165, 1.54) is 74.5 Å². The number of benzene rings is 2. The monoisotopic (exact) mass is 532 g/mol. The van der Waals surface area contributed by atoms with Crippen LogP contribution >= 0.6 is 23.3 Å². The third-order valence-corrected chi connectivity index (χ3v) is 7.04. The summed E-state index contributed by atoms with van der Waals surface area (Å²) in [5.74, 6) is 0.674. The van der Waals surface area contributed by atoms with Gasteiger partial charge in [0, 0.05) is 11.5 Å². The fourth-order valence-corrected chi connectivity index (χ4v) is 4.88. The smallest absolute Gasteiger partial charge is 0.339 e. The first-order valence-corrected chi connectivity index (χ1v) is 13.1. The van der Waals surface area contributed by atoms with Gasteiger partial charge in [-0.3, -0.25) is 10.1 Å². The fraction of sp³-hybridized carbons (Fsp3) is 0.182. The summed E-state index contributed by atoms with van der Waals surface area (Å²) in [6.07, 6.45) is 1.34. The van der Waals surface area contributed by atoms with Crippen molar-refractivity contribution in [1.82, 2.24) is 9.36 Å². The Kier molecular flexibility index (Phi) is 8.69. The van der Waals surface area contributed by atoms with Crippen LogP contribution in [0.4, 0.5) is 5.13 Å². The molecule has 0 saturated heterocycles. The third-order valence-electron chi connectivity index (χ3n) is 4.31. The van der Waals surface area contributed by atoms with Crippen LogP contribution in [0.15, 0.2) is 58.1 Å². The number of anilines is 1. The molecule has 2 aromatic carbocycles. The average Bonchev–Trinajstić information content (AvgIpc) is 3.29. The number of rotatable bonds is 10. The number of amides is 1. The van der Waals surface area contributed by atoms with E-state index in [0.717, 1.165) is 17.3 Å². The van der Waals surface area contributed by atoms with Crippen LogP contribution in [0.1, 0.15) is 12.5 Å². The van der Waals surface area contributed by atoms with E-state index in [4.69, 9.17) is 13.7 Å². The van der Waals surface area contributed by atoms with Gasteiger partial charge in [-0.25, -0.2) is 0 Å². The number of hydrogen-bond donors (Lipinski definition) is 1. The van der Waals surface area contributed by atoms with Gasteiger partial charge in [0.2, 0.25) is 10.3 Å². The standard InChI is InChI=1S/C22H20N4O6S3/c1-4-33-22-25-21(34-26-22)24-20(27)15(13-23)11-14-5-10-18(19(12-14)31-3)32-35(28,29)17-8-6-16(30-2)7-9-17/h5-12H,4H2,1-3H3,(H,24,25,26,27)/b15-11-. The zero-order chi connectivity index (χ0) is 25.4. The molecule has 0 atom stereocenters. The molecule has 35 heavy (non-hydrogen) atoms. The van der Waals surface area contributed by atoms with Crippen molar-refractivity contribution in [2.75, 3.05) is 25.3 Å². The highest BCUT2D eigenvalue weighted by atomic mass is 32.2. The van der Waals surface area contributed by atoms with E-state index in [9.17, 15) is 18.5 Å². The summed E-state index contributed by atoms with van der Waals surface area (Å²) in [4.78, 5) is 16.6. The van der Waals surface area contributed by atoms with Crippen molar-refractivity contribution in [3.8, 4) is 23.3 Å². The fourth-order valence-electron chi connectivity index (χ4n) is 2.68. The van der Waals surface area contributed by atoms with Crippen LogP contribution in [0.2, 0.25) is 0 Å². The lowest BCUT2D eigenvalue weighted by molar-refractivity contribution is -0.112. The van der Waals surface area contributed by atoms with Gasteiger partial charge in [0.25, 0.3) is 5.91 Å². The number of carbonyl (C=O) groups excluding carboxylic acids is 1. The summed E-state index contributed by atoms with van der Waals surface area (Å²) in [6.45, 7) is 1.96. The van der Waals surface area contributed by atoms with Crippen molar-refractivity contribution in [2.24, 2.45) is 0 Å². The lowest BCUT2D eigenvalue weighted by Crippen LogP contribution is -2.13. The zero-order valence-corrected chi connectivity index (χ0v) is 21.3. The van der Waals surface area contributed by atoms with E-state index in [-0.39, 0.29) is 27.1 Å². The Hall–Kier alpha value is -3.60. The number of thioether (sulfide) groups is 1. The molecule has 0 aliphatic heterocycles. The van der Waals surface area contributed by atoms with Crippen molar-refractivity contribution >= 4 is 50.5 Å². The van der Waals surface area contributed by atoms with Crippen LogP contribution in [-0.4, -0.2) is 43.7 Å². The average molecular weight is 533 g/mol. The normalized spacial score (nSPS) is 11.4. The molecule has 1 N–H and O–H groups in total. The molecule has 0 saturated carbocycles. The van der Waals surface area contributed by atoms with E-state index in [2.05, 4.69) is 14.7 Å². The maximum absolute atomic E-state index is 12.6. The van der Waals surface area contributed by atoms with Crippen LogP contribution in [0.5, 0.6) is 17.2 Å². The predicted octanol–water partition coefficient (Wildman–Crippen LogP) is 3.98. The Balaban J connectivity index is 1.80. The van der Waals surface area contributed by atoms with Crippen LogP contribution in [0, 0.1) is 11.3 Å². The number of ether oxygens (including phenoxy) is 2. The summed E-state index contributed by atoms with van der Waals surface area (Å²) >= 11 is 2.45. The first kappa shape index (κ1) is 26.0. The SMILES string of the molecule is CCSc1nsc(NC(=O)/C(C#N)=C\c2ccc(OS(=O)(=O)c3ccc(OC)cc3)c(OC)c2)n1. The van der Waals surface area contributed by atoms with Gasteiger partial charge < -0.3 is 13.7 Å². The van der Waals surface area contributed by atoms with Crippen molar-refractivity contribution in [1.29, 1.82) is 5.26 Å². The zero-order valence-electron chi connectivity index (χ0n) is 18.8. The Morgan fingerprint density at radius 1 is 1.17 bits per heavy atom. The topological polar surface area (TPSA) is 140 Å². The minimum atomic E-state index is -4.14. The molecule has 3 rings (SSSR count). The molecule has 0 radical (unpaired) electrons. The molecule has 1 heterocycles. The van der Waals surface area contributed by atoms with Gasteiger partial charge in [-0.05, 0) is 53.8 Å². The van der Waals surface area contributed by atoms with Crippen LogP contribution in [0.25, 0.3) is 6.08 Å². The van der Waals surface area contributed by atoms with E-state index in [1.54, 1.807) is 0 Å². The number of carbonyl (C=O) groups is 1. The summed E-state index contributed by atoms with van der Waals surface area (Å²) in [5, 5.41) is 12.8. The molecule has 13 heteroatoms. The van der Waals surface area contributed by atoms with Crippen molar-refractivity contribution in [2.45, 2.75) is 17.0 Å². The molecule has 0 fully saturated rings. The summed E-state index contributed by atoms with van der Waals surface area (Å²) in [7, 11) is -1.33. The molecule has 1 amide bonds. The van der Waals surface area contributed by atoms with Gasteiger partial charge in [-0.2, -0.15) is 23.0 Å². The maximum Gasteiger partial charge on any atom is 0.339 e. The first-order valence-electron chi connectivity index (χ1n) is 9.95. The number of nitriles is 1. The van der Waals surface area contributed by atoms with Crippen molar-refractivity contribution < 1.29 is 26.9 Å². The molecule has 0 unspecified atom stereocenters. The van der Waals surface area contributed by atoms with Gasteiger partial charge in [0.1, 0.15) is 22.3 Å². The van der Waals surface area contributed by atoms with Crippen LogP contribution in [0.3, 0.4) is 0 Å². The minimum absolute atomic E-state index is 0.0572. The second-order valence-corrected chi connectivity index (χ2v) is 10.1. The highest BCUT2D eigenvalue weighted by Crippen LogP contribution is 2.32. The number of aromatic nitrogens is 2. The largest absolute Gasteiger partial charge is 0.497 e. The lowest BCUT2D eigenvalue weighted by Gasteiger charge is -2.12. The Morgan fingerprint density at radius 3 is 2.54 bits per heavy atom. The van der Waals surface area contributed by atoms with Crippen LogP contribution < -0.4 is 19.0 Å². The molecule has 1 aromatic heterocycles. The highest BCUT2D eigenvalue weighted by molar-refractivity contribution is 7.99. The quantitative estimate of drug-likeness (QED) is 0.176. The summed E-state index contributed by atoms with van der Waals surface area (Å²) in [6, 6.07) is 11.9. The van der Waals surface area contributed by atoms with Crippen molar-refractivity contribution in [3.05, 3.63) is 53.6 Å². The van der Waals surface area contributed by atoms with Gasteiger partial charge in [-0.15, -0.1) is 0 Å². The Bertz CT molecular complexity index is 1380. The molecular formula is C22H20N4O6S3. The molecule has 0 aliphatic rings. The third kappa shape index (κ3) is 6.72. The second-order valence-electron chi connectivity index (χ2n) is 6.56. The van der Waals surface area contributed by atoms with Gasteiger partial charge >= 0.3 is 10.1 Å². The molecule has 0 aliphatic carbocycles. The second kappa shape index (κ2) is 11.7. The highest BCUT2D eigenvalue weighted by Gasteiger charge is 2.20. The van der Waals surface area contributed by atoms with E-state index < -0.39 is 16.0 Å². The van der Waals surface area contributed by atoms with Crippen molar-refractivity contribution in [3.63, 3.8) is 0 Å². The predicted molar refractivity (Wildman–Crippen MR) is 132 cm³/mol. The summed E-state index contributed by atoms with van der Waals surface area (Å²) < 4.78 is 44.9.